The average molecular weight is 249 g/mol. The molecule has 0 bridgehead atoms. The van der Waals surface area contributed by atoms with Crippen LogP contribution >= 0.6 is 0 Å². The summed E-state index contributed by atoms with van der Waals surface area (Å²) in [5.41, 5.74) is 2.43. The van der Waals surface area contributed by atoms with Crippen LogP contribution in [-0.2, 0) is 6.54 Å². The highest BCUT2D eigenvalue weighted by molar-refractivity contribution is 5.91. The largest absolute Gasteiger partial charge is 0.365 e. The van der Waals surface area contributed by atoms with E-state index in [1.807, 2.05) is 42.9 Å². The van der Waals surface area contributed by atoms with E-state index in [1.54, 1.807) is 0 Å². The molecule has 3 rings (SSSR count). The minimum atomic E-state index is 0.737. The monoisotopic (exact) mass is 249 g/mol. The molecule has 0 atom stereocenters. The number of fused-ring (bicyclic) bond motifs is 1. The summed E-state index contributed by atoms with van der Waals surface area (Å²) in [6, 6.07) is 12.3. The number of hydrogen-bond acceptors (Lipinski definition) is 3. The van der Waals surface area contributed by atoms with Gasteiger partial charge in [-0.05, 0) is 35.6 Å². The molecule has 1 aromatic carbocycles. The van der Waals surface area contributed by atoms with Crippen LogP contribution in [0.2, 0.25) is 0 Å². The van der Waals surface area contributed by atoms with Crippen LogP contribution in [0, 0.1) is 6.92 Å². The Labute approximate surface area is 112 Å². The first-order valence-electron chi connectivity index (χ1n) is 6.32. The van der Waals surface area contributed by atoms with Crippen molar-refractivity contribution >= 4 is 16.6 Å². The van der Waals surface area contributed by atoms with E-state index in [4.69, 9.17) is 0 Å². The van der Waals surface area contributed by atoms with Gasteiger partial charge in [0.05, 0.1) is 0 Å². The van der Waals surface area contributed by atoms with Gasteiger partial charge in [-0.15, -0.1) is 0 Å². The van der Waals surface area contributed by atoms with Crippen molar-refractivity contribution < 1.29 is 0 Å². The Kier molecular flexibility index (Phi) is 3.11. The van der Waals surface area contributed by atoms with Gasteiger partial charge in [-0.1, -0.05) is 24.3 Å². The van der Waals surface area contributed by atoms with Gasteiger partial charge in [-0.25, -0.2) is 4.98 Å². The molecule has 0 radical (unpaired) electrons. The molecule has 0 aliphatic carbocycles. The van der Waals surface area contributed by atoms with E-state index in [2.05, 4.69) is 34.3 Å². The molecule has 0 aliphatic rings. The van der Waals surface area contributed by atoms with Crippen LogP contribution in [0.1, 0.15) is 11.1 Å². The van der Waals surface area contributed by atoms with Gasteiger partial charge >= 0.3 is 0 Å². The first-order valence-corrected chi connectivity index (χ1v) is 6.32. The molecule has 0 spiro atoms. The Bertz CT molecular complexity index is 702. The van der Waals surface area contributed by atoms with Crippen LogP contribution in [0.4, 0.5) is 5.82 Å². The minimum Gasteiger partial charge on any atom is -0.365 e. The van der Waals surface area contributed by atoms with Gasteiger partial charge in [0.1, 0.15) is 5.82 Å². The van der Waals surface area contributed by atoms with Gasteiger partial charge in [-0.2, -0.15) is 0 Å². The number of anilines is 1. The molecule has 0 fully saturated rings. The van der Waals surface area contributed by atoms with E-state index in [9.17, 15) is 0 Å². The number of nitrogens with one attached hydrogen (secondary N) is 1. The quantitative estimate of drug-likeness (QED) is 0.771. The van der Waals surface area contributed by atoms with E-state index in [-0.39, 0.29) is 0 Å². The Morgan fingerprint density at radius 2 is 1.95 bits per heavy atom. The summed E-state index contributed by atoms with van der Waals surface area (Å²) in [7, 11) is 0. The summed E-state index contributed by atoms with van der Waals surface area (Å²) in [6.45, 7) is 2.83. The fraction of sp³-hybridized carbons (Fsp3) is 0.125. The highest BCUT2D eigenvalue weighted by Crippen LogP contribution is 2.21. The molecule has 19 heavy (non-hydrogen) atoms. The van der Waals surface area contributed by atoms with Crippen molar-refractivity contribution in [3.63, 3.8) is 0 Å². The molecule has 3 aromatic rings. The number of aryl methyl sites for hydroxylation is 1. The SMILES string of the molecule is Cc1ccncc1CNc1nccc2ccccc12. The maximum Gasteiger partial charge on any atom is 0.134 e. The first kappa shape index (κ1) is 11.7. The third-order valence-electron chi connectivity index (χ3n) is 3.27. The maximum atomic E-state index is 4.42. The zero-order chi connectivity index (χ0) is 13.1. The van der Waals surface area contributed by atoms with Gasteiger partial charge in [0, 0.05) is 30.5 Å². The molecule has 1 N–H and O–H groups in total. The second kappa shape index (κ2) is 5.06. The third kappa shape index (κ3) is 2.40. The molecule has 94 valence electrons. The van der Waals surface area contributed by atoms with Crippen LogP contribution in [0.3, 0.4) is 0 Å². The summed E-state index contributed by atoms with van der Waals surface area (Å²) in [4.78, 5) is 8.58. The number of nitrogens with zero attached hydrogens (tertiary/aromatic N) is 2. The van der Waals surface area contributed by atoms with Crippen molar-refractivity contribution in [2.75, 3.05) is 5.32 Å². The molecule has 0 saturated heterocycles. The highest BCUT2D eigenvalue weighted by atomic mass is 15.0. The number of rotatable bonds is 3. The van der Waals surface area contributed by atoms with Gasteiger partial charge in [0.25, 0.3) is 0 Å². The molecule has 3 nitrogen and oxygen atoms in total. The Morgan fingerprint density at radius 3 is 2.84 bits per heavy atom. The lowest BCUT2D eigenvalue weighted by atomic mass is 10.1. The van der Waals surface area contributed by atoms with Crippen LogP contribution < -0.4 is 5.32 Å². The van der Waals surface area contributed by atoms with E-state index in [0.29, 0.717) is 0 Å². The summed E-state index contributed by atoms with van der Waals surface area (Å²) >= 11 is 0. The van der Waals surface area contributed by atoms with Gasteiger partial charge in [0.2, 0.25) is 0 Å². The number of aromatic nitrogens is 2. The van der Waals surface area contributed by atoms with Gasteiger partial charge in [0.15, 0.2) is 0 Å². The predicted octanol–water partition coefficient (Wildman–Crippen LogP) is 3.55. The fourth-order valence-corrected chi connectivity index (χ4v) is 2.12. The Balaban J connectivity index is 1.88. The molecule has 0 aliphatic heterocycles. The van der Waals surface area contributed by atoms with E-state index >= 15 is 0 Å². The lowest BCUT2D eigenvalue weighted by Gasteiger charge is -2.10. The smallest absolute Gasteiger partial charge is 0.134 e. The zero-order valence-corrected chi connectivity index (χ0v) is 10.8. The van der Waals surface area contributed by atoms with Crippen molar-refractivity contribution in [1.82, 2.24) is 9.97 Å². The number of hydrogen-bond donors (Lipinski definition) is 1. The van der Waals surface area contributed by atoms with Crippen molar-refractivity contribution in [3.05, 3.63) is 66.1 Å². The van der Waals surface area contributed by atoms with Crippen molar-refractivity contribution in [3.8, 4) is 0 Å². The number of pyridine rings is 2. The van der Waals surface area contributed by atoms with Crippen LogP contribution in [-0.4, -0.2) is 9.97 Å². The lowest BCUT2D eigenvalue weighted by Crippen LogP contribution is -2.03. The third-order valence-corrected chi connectivity index (χ3v) is 3.27. The molecular formula is C16H15N3. The van der Waals surface area contributed by atoms with E-state index in [0.717, 1.165) is 17.7 Å². The summed E-state index contributed by atoms with van der Waals surface area (Å²) < 4.78 is 0. The second-order valence-corrected chi connectivity index (χ2v) is 4.54. The summed E-state index contributed by atoms with van der Waals surface area (Å²) in [6.07, 6.45) is 5.54. The lowest BCUT2D eigenvalue weighted by molar-refractivity contribution is 1.07. The zero-order valence-electron chi connectivity index (χ0n) is 10.8. The predicted molar refractivity (Wildman–Crippen MR) is 78.0 cm³/mol. The summed E-state index contributed by atoms with van der Waals surface area (Å²) in [5.74, 6) is 0.918. The molecule has 0 saturated carbocycles. The standard InChI is InChI=1S/C16H15N3/c1-12-6-8-17-10-14(12)11-19-16-15-5-3-2-4-13(15)7-9-18-16/h2-10H,11H2,1H3,(H,18,19). The Hall–Kier alpha value is -2.42. The minimum absolute atomic E-state index is 0.737. The van der Waals surface area contributed by atoms with Crippen molar-refractivity contribution in [2.24, 2.45) is 0 Å². The van der Waals surface area contributed by atoms with Gasteiger partial charge in [-0.3, -0.25) is 4.98 Å². The van der Waals surface area contributed by atoms with Crippen molar-refractivity contribution in [2.45, 2.75) is 13.5 Å². The summed E-state index contributed by atoms with van der Waals surface area (Å²) in [5, 5.41) is 5.74. The van der Waals surface area contributed by atoms with Crippen molar-refractivity contribution in [1.29, 1.82) is 0 Å². The molecule has 2 heterocycles. The van der Waals surface area contributed by atoms with E-state index < -0.39 is 0 Å². The Morgan fingerprint density at radius 1 is 1.05 bits per heavy atom. The molecule has 0 amide bonds. The number of benzene rings is 1. The average Bonchev–Trinajstić information content (AvgIpc) is 2.46. The van der Waals surface area contributed by atoms with Crippen LogP contribution in [0.5, 0.6) is 0 Å². The molecule has 3 heteroatoms. The van der Waals surface area contributed by atoms with Crippen LogP contribution in [0.15, 0.2) is 55.0 Å². The van der Waals surface area contributed by atoms with Crippen LogP contribution in [0.25, 0.3) is 10.8 Å². The van der Waals surface area contributed by atoms with Gasteiger partial charge < -0.3 is 5.32 Å². The van der Waals surface area contributed by atoms with E-state index in [1.165, 1.54) is 16.5 Å². The second-order valence-electron chi connectivity index (χ2n) is 4.54. The molecular weight excluding hydrogens is 234 g/mol. The first-order chi connectivity index (χ1) is 9.34. The topological polar surface area (TPSA) is 37.8 Å². The molecule has 0 unspecified atom stereocenters. The fourth-order valence-electron chi connectivity index (χ4n) is 2.12. The maximum absolute atomic E-state index is 4.42. The highest BCUT2D eigenvalue weighted by Gasteiger charge is 2.02. The normalized spacial score (nSPS) is 10.6. The molecule has 2 aromatic heterocycles.